The molecule has 0 radical (unpaired) electrons. The van der Waals surface area contributed by atoms with E-state index in [1.807, 2.05) is 18.2 Å². The number of carbonyl (C=O) groups is 2. The van der Waals surface area contributed by atoms with Gasteiger partial charge in [0.2, 0.25) is 0 Å². The third-order valence-electron chi connectivity index (χ3n) is 3.85. The van der Waals surface area contributed by atoms with E-state index >= 15 is 0 Å². The van der Waals surface area contributed by atoms with Gasteiger partial charge in [0.15, 0.2) is 13.2 Å². The fraction of sp³-hybridized carbons (Fsp3) is 0.300. The predicted octanol–water partition coefficient (Wildman–Crippen LogP) is 3.09. The van der Waals surface area contributed by atoms with Crippen LogP contribution in [0.1, 0.15) is 13.8 Å². The van der Waals surface area contributed by atoms with Crippen molar-refractivity contribution in [3.05, 3.63) is 48.5 Å². The SMILES string of the molecule is CC(C)CN1C(=O)COc2cc(NC(=O)COc3ccccc3)ccc21. The lowest BCUT2D eigenvalue weighted by Gasteiger charge is -2.31. The van der Waals surface area contributed by atoms with Crippen molar-refractivity contribution in [1.82, 2.24) is 0 Å². The van der Waals surface area contributed by atoms with E-state index in [-0.39, 0.29) is 25.0 Å². The van der Waals surface area contributed by atoms with Crippen molar-refractivity contribution in [2.24, 2.45) is 5.92 Å². The zero-order valence-electron chi connectivity index (χ0n) is 14.9. The summed E-state index contributed by atoms with van der Waals surface area (Å²) in [5.41, 5.74) is 1.33. The molecule has 0 saturated carbocycles. The molecule has 0 saturated heterocycles. The van der Waals surface area contributed by atoms with E-state index in [1.54, 1.807) is 35.2 Å². The Labute approximate surface area is 152 Å². The Hall–Kier alpha value is -3.02. The molecule has 2 aromatic carbocycles. The summed E-state index contributed by atoms with van der Waals surface area (Å²) in [5, 5.41) is 2.78. The number of nitrogens with zero attached hydrogens (tertiary/aromatic N) is 1. The van der Waals surface area contributed by atoms with Gasteiger partial charge < -0.3 is 19.7 Å². The molecular formula is C20H22N2O4. The van der Waals surface area contributed by atoms with Crippen LogP contribution in [0.5, 0.6) is 11.5 Å². The summed E-state index contributed by atoms with van der Waals surface area (Å²) < 4.78 is 11.0. The molecule has 0 aliphatic carbocycles. The molecule has 2 amide bonds. The molecule has 6 heteroatoms. The van der Waals surface area contributed by atoms with Crippen LogP contribution in [0.2, 0.25) is 0 Å². The maximum absolute atomic E-state index is 12.1. The average Bonchev–Trinajstić information content (AvgIpc) is 2.63. The van der Waals surface area contributed by atoms with Crippen molar-refractivity contribution in [3.8, 4) is 11.5 Å². The van der Waals surface area contributed by atoms with Crippen LogP contribution in [-0.2, 0) is 9.59 Å². The van der Waals surface area contributed by atoms with E-state index in [2.05, 4.69) is 19.2 Å². The molecule has 1 aliphatic heterocycles. The maximum atomic E-state index is 12.1. The van der Waals surface area contributed by atoms with Gasteiger partial charge in [-0.3, -0.25) is 9.59 Å². The second-order valence-corrected chi connectivity index (χ2v) is 6.52. The largest absolute Gasteiger partial charge is 0.484 e. The van der Waals surface area contributed by atoms with Crippen molar-refractivity contribution >= 4 is 23.2 Å². The summed E-state index contributed by atoms with van der Waals surface area (Å²) in [7, 11) is 0. The second kappa shape index (κ2) is 7.91. The van der Waals surface area contributed by atoms with Crippen molar-refractivity contribution in [3.63, 3.8) is 0 Å². The first kappa shape index (κ1) is 17.8. The van der Waals surface area contributed by atoms with E-state index in [0.717, 1.165) is 5.69 Å². The van der Waals surface area contributed by atoms with Crippen LogP contribution in [0.25, 0.3) is 0 Å². The number of para-hydroxylation sites is 1. The molecule has 1 heterocycles. The lowest BCUT2D eigenvalue weighted by atomic mass is 10.1. The van der Waals surface area contributed by atoms with Crippen LogP contribution in [-0.4, -0.2) is 31.6 Å². The number of hydrogen-bond acceptors (Lipinski definition) is 4. The number of carbonyl (C=O) groups excluding carboxylic acids is 2. The minimum atomic E-state index is -0.264. The Bertz CT molecular complexity index is 790. The van der Waals surface area contributed by atoms with Gasteiger partial charge in [-0.1, -0.05) is 32.0 Å². The summed E-state index contributed by atoms with van der Waals surface area (Å²) in [6.45, 7) is 4.67. The first-order valence-corrected chi connectivity index (χ1v) is 8.58. The van der Waals surface area contributed by atoms with Crippen LogP contribution < -0.4 is 19.7 Å². The minimum absolute atomic E-state index is 0.00817. The van der Waals surface area contributed by atoms with Gasteiger partial charge in [0.1, 0.15) is 11.5 Å². The minimum Gasteiger partial charge on any atom is -0.484 e. The molecule has 136 valence electrons. The lowest BCUT2D eigenvalue weighted by molar-refractivity contribution is -0.121. The predicted molar refractivity (Wildman–Crippen MR) is 99.7 cm³/mol. The summed E-state index contributed by atoms with van der Waals surface area (Å²) in [4.78, 5) is 25.9. The molecule has 0 unspecified atom stereocenters. The first-order valence-electron chi connectivity index (χ1n) is 8.58. The number of hydrogen-bond donors (Lipinski definition) is 1. The Morgan fingerprint density at radius 1 is 1.23 bits per heavy atom. The fourth-order valence-electron chi connectivity index (χ4n) is 2.71. The normalized spacial score (nSPS) is 13.2. The summed E-state index contributed by atoms with van der Waals surface area (Å²) in [5.74, 6) is 1.25. The third kappa shape index (κ3) is 4.33. The number of ether oxygens (including phenoxy) is 2. The highest BCUT2D eigenvalue weighted by atomic mass is 16.5. The molecule has 3 rings (SSSR count). The topological polar surface area (TPSA) is 67.9 Å². The fourth-order valence-corrected chi connectivity index (χ4v) is 2.71. The van der Waals surface area contributed by atoms with Crippen LogP contribution in [0.15, 0.2) is 48.5 Å². The number of rotatable bonds is 6. The van der Waals surface area contributed by atoms with Gasteiger partial charge in [-0.2, -0.15) is 0 Å². The molecular weight excluding hydrogens is 332 g/mol. The van der Waals surface area contributed by atoms with Crippen molar-refractivity contribution in [2.45, 2.75) is 13.8 Å². The molecule has 2 aromatic rings. The second-order valence-electron chi connectivity index (χ2n) is 6.52. The van der Waals surface area contributed by atoms with Gasteiger partial charge in [0, 0.05) is 18.3 Å². The van der Waals surface area contributed by atoms with Gasteiger partial charge in [0.05, 0.1) is 5.69 Å². The quantitative estimate of drug-likeness (QED) is 0.866. The van der Waals surface area contributed by atoms with Crippen LogP contribution >= 0.6 is 0 Å². The Balaban J connectivity index is 1.65. The molecule has 0 bridgehead atoms. The van der Waals surface area contributed by atoms with Gasteiger partial charge >= 0.3 is 0 Å². The molecule has 26 heavy (non-hydrogen) atoms. The Morgan fingerprint density at radius 2 is 2.00 bits per heavy atom. The molecule has 1 N–H and O–H groups in total. The molecule has 0 fully saturated rings. The molecule has 6 nitrogen and oxygen atoms in total. The van der Waals surface area contributed by atoms with Crippen molar-refractivity contribution < 1.29 is 19.1 Å². The van der Waals surface area contributed by atoms with Crippen LogP contribution in [0, 0.1) is 5.92 Å². The van der Waals surface area contributed by atoms with Gasteiger partial charge in [-0.25, -0.2) is 0 Å². The van der Waals surface area contributed by atoms with E-state index in [1.165, 1.54) is 0 Å². The van der Waals surface area contributed by atoms with Crippen LogP contribution in [0.3, 0.4) is 0 Å². The number of nitrogens with one attached hydrogen (secondary N) is 1. The third-order valence-corrected chi connectivity index (χ3v) is 3.85. The Kier molecular flexibility index (Phi) is 5.41. The highest BCUT2D eigenvalue weighted by Gasteiger charge is 2.26. The van der Waals surface area contributed by atoms with E-state index in [0.29, 0.717) is 29.6 Å². The monoisotopic (exact) mass is 354 g/mol. The lowest BCUT2D eigenvalue weighted by Crippen LogP contribution is -2.40. The Morgan fingerprint density at radius 3 is 2.73 bits per heavy atom. The molecule has 0 aromatic heterocycles. The average molecular weight is 354 g/mol. The highest BCUT2D eigenvalue weighted by molar-refractivity contribution is 5.99. The number of fused-ring (bicyclic) bond motifs is 1. The highest BCUT2D eigenvalue weighted by Crippen LogP contribution is 2.35. The number of amides is 2. The smallest absolute Gasteiger partial charge is 0.265 e. The van der Waals surface area contributed by atoms with Gasteiger partial charge in [-0.15, -0.1) is 0 Å². The first-order chi connectivity index (χ1) is 12.5. The summed E-state index contributed by atoms with van der Waals surface area (Å²) >= 11 is 0. The van der Waals surface area contributed by atoms with Crippen molar-refractivity contribution in [1.29, 1.82) is 0 Å². The molecule has 0 atom stereocenters. The number of anilines is 2. The van der Waals surface area contributed by atoms with E-state index < -0.39 is 0 Å². The molecule has 0 spiro atoms. The van der Waals surface area contributed by atoms with E-state index in [9.17, 15) is 9.59 Å². The van der Waals surface area contributed by atoms with Gasteiger partial charge in [-0.05, 0) is 30.2 Å². The zero-order valence-corrected chi connectivity index (χ0v) is 14.9. The van der Waals surface area contributed by atoms with Gasteiger partial charge in [0.25, 0.3) is 11.8 Å². The summed E-state index contributed by atoms with van der Waals surface area (Å²) in [6.07, 6.45) is 0. The standard InChI is InChI=1S/C20H22N2O4/c1-14(2)11-22-17-9-8-15(10-18(17)26-13-20(22)24)21-19(23)12-25-16-6-4-3-5-7-16/h3-10,14H,11-13H2,1-2H3,(H,21,23). The van der Waals surface area contributed by atoms with Crippen molar-refractivity contribution in [2.75, 3.05) is 30.0 Å². The maximum Gasteiger partial charge on any atom is 0.265 e. The van der Waals surface area contributed by atoms with Crippen LogP contribution in [0.4, 0.5) is 11.4 Å². The molecule has 1 aliphatic rings. The summed E-state index contributed by atoms with van der Waals surface area (Å²) in [6, 6.07) is 14.4. The number of benzene rings is 2. The zero-order chi connectivity index (χ0) is 18.5. The van der Waals surface area contributed by atoms with E-state index in [4.69, 9.17) is 9.47 Å².